The molecule has 340 valence electrons. The van der Waals surface area contributed by atoms with Gasteiger partial charge in [0, 0.05) is 101 Å². The van der Waals surface area contributed by atoms with Gasteiger partial charge in [-0.2, -0.15) is 0 Å². The van der Waals surface area contributed by atoms with Crippen molar-refractivity contribution in [2.75, 3.05) is 66.6 Å². The van der Waals surface area contributed by atoms with Crippen LogP contribution in [0.4, 0.5) is 5.69 Å². The van der Waals surface area contributed by atoms with Crippen molar-refractivity contribution in [3.8, 4) is 5.75 Å². The van der Waals surface area contributed by atoms with Crippen molar-refractivity contribution in [3.63, 3.8) is 0 Å². The van der Waals surface area contributed by atoms with Gasteiger partial charge in [0.1, 0.15) is 11.2 Å². The van der Waals surface area contributed by atoms with Crippen LogP contribution in [0.3, 0.4) is 0 Å². The number of hydrogen-bond donors (Lipinski definition) is 2. The first-order valence-corrected chi connectivity index (χ1v) is 22.9. The predicted molar refractivity (Wildman–Crippen MR) is 242 cm³/mol. The number of ether oxygens (including phenoxy) is 5. The Hall–Kier alpha value is -5.12. The van der Waals surface area contributed by atoms with Crippen LogP contribution in [-0.4, -0.2) is 129 Å². The Labute approximate surface area is 381 Å². The molecular weight excluding hydrogens is 884 g/mol. The molecule has 14 nitrogen and oxygen atoms in total. The van der Waals surface area contributed by atoms with Gasteiger partial charge in [0.05, 0.1) is 40.1 Å². The summed E-state index contributed by atoms with van der Waals surface area (Å²) >= 11 is 3.69. The van der Waals surface area contributed by atoms with E-state index in [0.29, 0.717) is 67.3 Å². The van der Waals surface area contributed by atoms with E-state index in [1.807, 2.05) is 61.5 Å². The average molecular weight is 942 g/mol. The molecule has 1 saturated carbocycles. The van der Waals surface area contributed by atoms with Gasteiger partial charge < -0.3 is 43.6 Å². The number of hydrogen-bond acceptors (Lipinski definition) is 13. The number of aromatic nitrogens is 1. The number of nitrogens with zero attached hydrogens (tertiary/aromatic N) is 3. The fourth-order valence-corrected chi connectivity index (χ4v) is 13.7. The summed E-state index contributed by atoms with van der Waals surface area (Å²) in [4.78, 5) is 67.1. The molecule has 1 unspecified atom stereocenters. The molecule has 8 atom stereocenters. The van der Waals surface area contributed by atoms with E-state index in [4.69, 9.17) is 23.7 Å². The monoisotopic (exact) mass is 940 g/mol. The molecule has 6 aliphatic rings. The van der Waals surface area contributed by atoms with E-state index < -0.39 is 57.9 Å². The first kappa shape index (κ1) is 44.1. The normalized spacial score (nSPS) is 32.3. The van der Waals surface area contributed by atoms with E-state index in [9.17, 15) is 19.5 Å². The van der Waals surface area contributed by atoms with Crippen LogP contribution >= 0.6 is 15.9 Å². The van der Waals surface area contributed by atoms with Crippen LogP contribution in [0.15, 0.2) is 70.4 Å². The third-order valence-corrected chi connectivity index (χ3v) is 16.0. The van der Waals surface area contributed by atoms with Gasteiger partial charge in [-0.05, 0) is 73.5 Å². The summed E-state index contributed by atoms with van der Waals surface area (Å²) in [6.45, 7) is 7.77. The fourth-order valence-electron chi connectivity index (χ4n) is 13.3. The van der Waals surface area contributed by atoms with Crippen molar-refractivity contribution in [1.29, 1.82) is 0 Å². The number of fused-ring (bicyclic) bond motifs is 6. The van der Waals surface area contributed by atoms with Crippen LogP contribution < -0.4 is 9.64 Å². The number of carbonyl (C=O) groups is 4. The van der Waals surface area contributed by atoms with Gasteiger partial charge in [0.15, 0.2) is 6.10 Å². The number of rotatable bonds is 8. The highest BCUT2D eigenvalue weighted by Crippen LogP contribution is 2.68. The number of anilines is 1. The summed E-state index contributed by atoms with van der Waals surface area (Å²) in [6, 6.07) is 8.52. The van der Waals surface area contributed by atoms with Crippen LogP contribution in [0.5, 0.6) is 5.75 Å². The lowest BCUT2D eigenvalue weighted by atomic mass is 9.47. The average Bonchev–Trinajstić information content (AvgIpc) is 3.94. The molecule has 2 bridgehead atoms. The molecule has 15 heteroatoms. The standard InChI is InChI=1S/C49H57BrN4O10/c1-9-28-18-29-23-48(44(57)62-7,39-33(32-20-31(50)12-13-36(32)51-39)19-30(40(56)61-6)26-53(24-28)25-29)35-21-34-37(22-38(35)60-5)52(4)42-47(34)15-17-54-16-11-14-46(10-2,41(47)54)43(64-27(3)55)49(42,59)45(58)63-8/h11-14,18,20-22,26,29,41-43,51,59H,9-10,15-17,19,23-25H2,1-8H3/b30-26+/t29?,41-,42+,43+,46+,47+,48-,49-/m0/s1. The SMILES string of the molecule is CCC1=CC2CN(/C=C(/C(=O)OC)Cc3c([nH]c4ccc(Br)cc34)[C@@](C(=O)OC)(c3cc4c(cc3OC)N(C)[C@H]3[C@@](O)(C(=O)OC)[C@H](OC(C)=O)[C@]5(CC)C=CCN6CC[C@]43[C@@H]65)C2)C1. The topological polar surface area (TPSA) is 160 Å². The Bertz CT molecular complexity index is 2570. The summed E-state index contributed by atoms with van der Waals surface area (Å²) in [6.07, 6.45) is 9.08. The van der Waals surface area contributed by atoms with E-state index in [0.717, 1.165) is 32.9 Å². The number of esters is 4. The Morgan fingerprint density at radius 1 is 0.984 bits per heavy atom. The number of carbonyl (C=O) groups excluding carboxylic acids is 4. The second-order valence-corrected chi connectivity index (χ2v) is 19.3. The van der Waals surface area contributed by atoms with E-state index in [1.165, 1.54) is 33.8 Å². The zero-order chi connectivity index (χ0) is 45.7. The highest BCUT2D eigenvalue weighted by atomic mass is 79.9. The number of H-pyrrole nitrogens is 1. The van der Waals surface area contributed by atoms with Crippen molar-refractivity contribution in [1.82, 2.24) is 14.8 Å². The molecule has 1 aliphatic carbocycles. The largest absolute Gasteiger partial charge is 0.496 e. The summed E-state index contributed by atoms with van der Waals surface area (Å²) in [7, 11) is 7.44. The van der Waals surface area contributed by atoms with Crippen molar-refractivity contribution >= 4 is 56.4 Å². The Kier molecular flexibility index (Phi) is 10.9. The van der Waals surface area contributed by atoms with Gasteiger partial charge in [-0.15, -0.1) is 0 Å². The predicted octanol–water partition coefficient (Wildman–Crippen LogP) is 5.62. The quantitative estimate of drug-likeness (QED) is 0.163. The number of likely N-dealkylation sites (N-methyl/N-ethyl adjacent to an activating group) is 1. The van der Waals surface area contributed by atoms with Gasteiger partial charge in [-0.25, -0.2) is 9.59 Å². The molecule has 64 heavy (non-hydrogen) atoms. The zero-order valence-corrected chi connectivity index (χ0v) is 39.3. The first-order chi connectivity index (χ1) is 30.6. The second kappa shape index (κ2) is 15.8. The maximum absolute atomic E-state index is 15.6. The van der Waals surface area contributed by atoms with Crippen molar-refractivity contribution in [3.05, 3.63) is 92.8 Å². The van der Waals surface area contributed by atoms with Gasteiger partial charge in [-0.1, -0.05) is 53.6 Å². The molecule has 1 saturated heterocycles. The summed E-state index contributed by atoms with van der Waals surface area (Å²) in [5, 5.41) is 14.2. The van der Waals surface area contributed by atoms with Crippen molar-refractivity contribution in [2.24, 2.45) is 11.3 Å². The summed E-state index contributed by atoms with van der Waals surface area (Å²) in [5.74, 6) is -2.34. The number of benzene rings is 2. The molecule has 2 fully saturated rings. The number of aromatic amines is 1. The number of halogens is 1. The van der Waals surface area contributed by atoms with Gasteiger partial charge in [0.2, 0.25) is 5.60 Å². The Morgan fingerprint density at radius 3 is 2.42 bits per heavy atom. The smallest absolute Gasteiger partial charge is 0.344 e. The fraction of sp³-hybridized carbons (Fsp3) is 0.510. The molecule has 0 amide bonds. The minimum Gasteiger partial charge on any atom is -0.496 e. The Balaban J connectivity index is 1.40. The lowest BCUT2D eigenvalue weighted by Gasteiger charge is -2.63. The minimum atomic E-state index is -2.34. The zero-order valence-electron chi connectivity index (χ0n) is 37.7. The van der Waals surface area contributed by atoms with E-state index in [-0.39, 0.29) is 24.8 Å². The molecule has 9 rings (SSSR count). The third kappa shape index (κ3) is 5.94. The highest BCUT2D eigenvalue weighted by Gasteiger charge is 2.80. The van der Waals surface area contributed by atoms with Gasteiger partial charge in [-0.3, -0.25) is 14.5 Å². The second-order valence-electron chi connectivity index (χ2n) is 18.4. The molecule has 0 radical (unpaired) electrons. The molecule has 1 aromatic heterocycles. The van der Waals surface area contributed by atoms with Gasteiger partial charge >= 0.3 is 23.9 Å². The van der Waals surface area contributed by atoms with Crippen molar-refractivity contribution < 1.29 is 48.0 Å². The van der Waals surface area contributed by atoms with Crippen LogP contribution in [0.1, 0.15) is 68.8 Å². The highest BCUT2D eigenvalue weighted by molar-refractivity contribution is 9.10. The molecule has 5 aliphatic heterocycles. The maximum Gasteiger partial charge on any atom is 0.344 e. The lowest BCUT2D eigenvalue weighted by molar-refractivity contribution is -0.228. The van der Waals surface area contributed by atoms with Crippen molar-refractivity contribution in [2.45, 2.75) is 87.5 Å². The maximum atomic E-state index is 15.6. The van der Waals surface area contributed by atoms with E-state index in [1.54, 1.807) is 7.11 Å². The van der Waals surface area contributed by atoms with Crippen LogP contribution in [0.25, 0.3) is 10.9 Å². The van der Waals surface area contributed by atoms with Gasteiger partial charge in [0.25, 0.3) is 0 Å². The van der Waals surface area contributed by atoms with Crippen LogP contribution in [0, 0.1) is 11.3 Å². The number of nitrogens with one attached hydrogen (secondary N) is 1. The lowest BCUT2D eigenvalue weighted by Crippen LogP contribution is -2.81. The third-order valence-electron chi connectivity index (χ3n) is 15.5. The van der Waals surface area contributed by atoms with E-state index >= 15 is 4.79 Å². The summed E-state index contributed by atoms with van der Waals surface area (Å²) in [5.41, 5.74) is -0.198. The van der Waals surface area contributed by atoms with Crippen LogP contribution in [0.2, 0.25) is 0 Å². The molecular formula is C49H57BrN4O10. The molecule has 2 aromatic carbocycles. The molecule has 2 N–H and O–H groups in total. The summed E-state index contributed by atoms with van der Waals surface area (Å²) < 4.78 is 30.3. The molecule has 1 spiro atoms. The van der Waals surface area contributed by atoms with E-state index in [2.05, 4.69) is 49.8 Å². The minimum absolute atomic E-state index is 0.137. The van der Waals surface area contributed by atoms with Crippen LogP contribution in [-0.2, 0) is 55.4 Å². The Morgan fingerprint density at radius 2 is 1.75 bits per heavy atom. The molecule has 3 aromatic rings. The number of methoxy groups -OCH3 is 4. The molecule has 6 heterocycles. The first-order valence-electron chi connectivity index (χ1n) is 22.1. The number of aliphatic hydroxyl groups is 1.